The fourth-order valence-corrected chi connectivity index (χ4v) is 3.21. The molecule has 0 aromatic carbocycles. The Morgan fingerprint density at radius 1 is 1.42 bits per heavy atom. The monoisotopic (exact) mass is 329 g/mol. The number of pyridine rings is 1. The van der Waals surface area contributed by atoms with Gasteiger partial charge in [-0.15, -0.1) is 0 Å². The van der Waals surface area contributed by atoms with Gasteiger partial charge < -0.3 is 14.9 Å². The van der Waals surface area contributed by atoms with Gasteiger partial charge in [-0.2, -0.15) is 0 Å². The Hall–Kier alpha value is -2.21. The number of aliphatic hydroxyl groups excluding tert-OH is 1. The van der Waals surface area contributed by atoms with E-state index in [0.29, 0.717) is 12.2 Å². The van der Waals surface area contributed by atoms with E-state index in [-0.39, 0.29) is 30.4 Å². The summed E-state index contributed by atoms with van der Waals surface area (Å²) >= 11 is 0. The van der Waals surface area contributed by atoms with Gasteiger partial charge in [-0.1, -0.05) is 11.2 Å². The molecule has 2 aromatic heterocycles. The first-order chi connectivity index (χ1) is 11.5. The minimum Gasteiger partial charge on any atom is -0.393 e. The second kappa shape index (κ2) is 7.13. The molecule has 1 amide bonds. The van der Waals surface area contributed by atoms with Gasteiger partial charge in [-0.05, 0) is 44.7 Å². The van der Waals surface area contributed by atoms with Gasteiger partial charge in [-0.3, -0.25) is 9.78 Å². The lowest BCUT2D eigenvalue weighted by atomic mass is 9.76. The number of hydrogen-bond acceptors (Lipinski definition) is 5. The molecule has 128 valence electrons. The van der Waals surface area contributed by atoms with E-state index >= 15 is 0 Å². The number of aryl methyl sites for hydroxylation is 2. The average Bonchev–Trinajstić information content (AvgIpc) is 2.84. The first kappa shape index (κ1) is 16.6. The summed E-state index contributed by atoms with van der Waals surface area (Å²) in [6, 6.07) is 5.77. The second-order valence-electron chi connectivity index (χ2n) is 6.56. The van der Waals surface area contributed by atoms with E-state index in [4.69, 9.17) is 4.52 Å². The van der Waals surface area contributed by atoms with Gasteiger partial charge in [0.25, 0.3) is 0 Å². The minimum absolute atomic E-state index is 0.0173. The van der Waals surface area contributed by atoms with E-state index in [1.54, 1.807) is 6.20 Å². The van der Waals surface area contributed by atoms with Crippen molar-refractivity contribution in [3.63, 3.8) is 0 Å². The molecule has 2 N–H and O–H groups in total. The summed E-state index contributed by atoms with van der Waals surface area (Å²) in [6.45, 7) is 3.66. The Labute approximate surface area is 141 Å². The van der Waals surface area contributed by atoms with Gasteiger partial charge >= 0.3 is 0 Å². The third-order valence-corrected chi connectivity index (χ3v) is 4.74. The highest BCUT2D eigenvalue weighted by Gasteiger charge is 2.35. The number of hydrogen-bond donors (Lipinski definition) is 2. The van der Waals surface area contributed by atoms with Crippen molar-refractivity contribution in [1.82, 2.24) is 15.5 Å². The van der Waals surface area contributed by atoms with Crippen LogP contribution in [0.5, 0.6) is 0 Å². The molecule has 2 heterocycles. The van der Waals surface area contributed by atoms with Crippen LogP contribution in [-0.4, -0.2) is 33.3 Å². The Bertz CT molecular complexity index is 673. The Morgan fingerprint density at radius 2 is 2.21 bits per heavy atom. The van der Waals surface area contributed by atoms with Crippen LogP contribution >= 0.6 is 0 Å². The molecule has 1 aliphatic rings. The van der Waals surface area contributed by atoms with Crippen molar-refractivity contribution in [2.24, 2.45) is 5.92 Å². The highest BCUT2D eigenvalue weighted by atomic mass is 16.5. The lowest BCUT2D eigenvalue weighted by Gasteiger charge is -2.38. The molecule has 1 atom stereocenters. The van der Waals surface area contributed by atoms with Crippen molar-refractivity contribution >= 4 is 5.91 Å². The average molecular weight is 329 g/mol. The van der Waals surface area contributed by atoms with Crippen molar-refractivity contribution in [3.05, 3.63) is 47.1 Å². The van der Waals surface area contributed by atoms with E-state index in [1.807, 2.05) is 32.0 Å². The zero-order valence-electron chi connectivity index (χ0n) is 14.0. The molecule has 0 bridgehead atoms. The normalized spacial score (nSPS) is 21.1. The number of nitrogens with one attached hydrogen (secondary N) is 1. The number of nitrogens with zero attached hydrogens (tertiary/aromatic N) is 2. The van der Waals surface area contributed by atoms with Gasteiger partial charge in [0.1, 0.15) is 5.76 Å². The highest BCUT2D eigenvalue weighted by molar-refractivity contribution is 5.79. The van der Waals surface area contributed by atoms with Crippen molar-refractivity contribution in [2.75, 3.05) is 0 Å². The van der Waals surface area contributed by atoms with Crippen LogP contribution in [0.2, 0.25) is 0 Å². The van der Waals surface area contributed by atoms with E-state index in [2.05, 4.69) is 15.5 Å². The third-order valence-electron chi connectivity index (χ3n) is 4.74. The van der Waals surface area contributed by atoms with Crippen LogP contribution in [0.4, 0.5) is 0 Å². The minimum atomic E-state index is -0.249. The molecule has 0 aliphatic heterocycles. The predicted octanol–water partition coefficient (Wildman–Crippen LogP) is 1.73. The molecule has 0 spiro atoms. The zero-order chi connectivity index (χ0) is 17.1. The summed E-state index contributed by atoms with van der Waals surface area (Å²) in [7, 11) is 0. The quantitative estimate of drug-likeness (QED) is 0.842. The van der Waals surface area contributed by atoms with Crippen molar-refractivity contribution in [2.45, 2.75) is 51.7 Å². The fourth-order valence-electron chi connectivity index (χ4n) is 3.21. The lowest BCUT2D eigenvalue weighted by molar-refractivity contribution is -0.122. The molecule has 3 rings (SSSR count). The van der Waals surface area contributed by atoms with Crippen LogP contribution in [0.15, 0.2) is 28.9 Å². The van der Waals surface area contributed by atoms with E-state index in [9.17, 15) is 9.90 Å². The smallest absolute Gasteiger partial charge is 0.224 e. The van der Waals surface area contributed by atoms with Crippen LogP contribution in [0, 0.1) is 19.8 Å². The molecule has 6 nitrogen and oxygen atoms in total. The van der Waals surface area contributed by atoms with Crippen LogP contribution in [0.3, 0.4) is 0 Å². The molecule has 2 aromatic rings. The number of carbonyl (C=O) groups excluding carboxylic acids is 1. The summed E-state index contributed by atoms with van der Waals surface area (Å²) in [5.74, 6) is 0.922. The fraction of sp³-hybridized carbons (Fsp3) is 0.500. The molecule has 0 unspecified atom stereocenters. The number of rotatable bonds is 6. The maximum atomic E-state index is 12.5. The molecule has 0 radical (unpaired) electrons. The van der Waals surface area contributed by atoms with Crippen molar-refractivity contribution in [3.8, 4) is 0 Å². The Morgan fingerprint density at radius 3 is 2.79 bits per heavy atom. The molecule has 1 fully saturated rings. The van der Waals surface area contributed by atoms with Gasteiger partial charge in [0, 0.05) is 29.9 Å². The van der Waals surface area contributed by atoms with Crippen molar-refractivity contribution < 1.29 is 14.4 Å². The number of aliphatic hydroxyl groups is 1. The Balaban J connectivity index is 1.66. The van der Waals surface area contributed by atoms with Gasteiger partial charge in [0.15, 0.2) is 0 Å². The molecule has 1 aliphatic carbocycles. The van der Waals surface area contributed by atoms with Crippen LogP contribution in [0.1, 0.15) is 35.6 Å². The molecule has 0 saturated heterocycles. The SMILES string of the molecule is Cc1noc(C)c1CC(=O)N[C@H](Cc1ccccn1)C1CC(O)C1. The highest BCUT2D eigenvalue weighted by Crippen LogP contribution is 2.31. The van der Waals surface area contributed by atoms with Gasteiger partial charge in [-0.25, -0.2) is 0 Å². The first-order valence-corrected chi connectivity index (χ1v) is 8.32. The topological polar surface area (TPSA) is 88.3 Å². The molecule has 24 heavy (non-hydrogen) atoms. The third kappa shape index (κ3) is 3.82. The summed E-state index contributed by atoms with van der Waals surface area (Å²) in [5, 5.41) is 16.6. The maximum absolute atomic E-state index is 12.5. The lowest BCUT2D eigenvalue weighted by Crippen LogP contribution is -2.48. The Kier molecular flexibility index (Phi) is 4.94. The van der Waals surface area contributed by atoms with E-state index < -0.39 is 0 Å². The van der Waals surface area contributed by atoms with E-state index in [0.717, 1.165) is 29.8 Å². The summed E-state index contributed by atoms with van der Waals surface area (Å²) in [5.41, 5.74) is 2.54. The van der Waals surface area contributed by atoms with E-state index in [1.165, 1.54) is 0 Å². The molecule has 6 heteroatoms. The number of amides is 1. The number of aromatic nitrogens is 2. The zero-order valence-corrected chi connectivity index (χ0v) is 14.0. The standard InChI is InChI=1S/C18H23N3O3/c1-11-16(12(2)24-21-11)10-18(23)20-17(13-7-15(22)8-13)9-14-5-3-4-6-19-14/h3-6,13,15,17,22H,7-10H2,1-2H3,(H,20,23)/t13?,15?,17-/m1/s1. The van der Waals surface area contributed by atoms with Crippen molar-refractivity contribution in [1.29, 1.82) is 0 Å². The summed E-state index contributed by atoms with van der Waals surface area (Å²) in [6.07, 6.45) is 3.89. The maximum Gasteiger partial charge on any atom is 0.224 e. The molecule has 1 saturated carbocycles. The molecular formula is C18H23N3O3. The van der Waals surface area contributed by atoms with Crippen LogP contribution in [-0.2, 0) is 17.6 Å². The van der Waals surface area contributed by atoms with Crippen LogP contribution in [0.25, 0.3) is 0 Å². The van der Waals surface area contributed by atoms with Gasteiger partial charge in [0.05, 0.1) is 18.2 Å². The first-order valence-electron chi connectivity index (χ1n) is 8.32. The largest absolute Gasteiger partial charge is 0.393 e. The predicted molar refractivity (Wildman–Crippen MR) is 88.3 cm³/mol. The van der Waals surface area contributed by atoms with Crippen LogP contribution < -0.4 is 5.32 Å². The molecular weight excluding hydrogens is 306 g/mol. The number of carbonyl (C=O) groups is 1. The summed E-state index contributed by atoms with van der Waals surface area (Å²) < 4.78 is 5.12. The second-order valence-corrected chi connectivity index (χ2v) is 6.56. The van der Waals surface area contributed by atoms with Gasteiger partial charge in [0.2, 0.25) is 5.91 Å². The summed E-state index contributed by atoms with van der Waals surface area (Å²) in [4.78, 5) is 16.8.